The van der Waals surface area contributed by atoms with Crippen molar-refractivity contribution in [1.29, 1.82) is 0 Å². The Bertz CT molecular complexity index is 299. The molecule has 14 heavy (non-hydrogen) atoms. The second-order valence-electron chi connectivity index (χ2n) is 4.39. The molecule has 4 nitrogen and oxygen atoms in total. The van der Waals surface area contributed by atoms with Gasteiger partial charge in [0, 0.05) is 11.8 Å². The van der Waals surface area contributed by atoms with E-state index < -0.39 is 0 Å². The van der Waals surface area contributed by atoms with E-state index in [9.17, 15) is 0 Å². The van der Waals surface area contributed by atoms with Crippen molar-refractivity contribution < 1.29 is 4.74 Å². The average Bonchev–Trinajstić information content (AvgIpc) is 2.27. The van der Waals surface area contributed by atoms with E-state index in [1.807, 2.05) is 38.4 Å². The molecule has 0 saturated carbocycles. The molecule has 2 N–H and O–H groups in total. The van der Waals surface area contributed by atoms with Crippen LogP contribution in [-0.2, 0) is 11.3 Å². The number of hydrogen-bond acceptors (Lipinski definition) is 3. The SMILES string of the molecule is Cc1cc(N)nn1CCOC(C)(C)C. The lowest BCUT2D eigenvalue weighted by Gasteiger charge is -2.19. The summed E-state index contributed by atoms with van der Waals surface area (Å²) in [6.07, 6.45) is 0. The van der Waals surface area contributed by atoms with Gasteiger partial charge in [0.2, 0.25) is 0 Å². The van der Waals surface area contributed by atoms with Gasteiger partial charge in [0.15, 0.2) is 0 Å². The largest absolute Gasteiger partial charge is 0.382 e. The van der Waals surface area contributed by atoms with E-state index in [1.165, 1.54) is 0 Å². The Morgan fingerprint density at radius 3 is 2.57 bits per heavy atom. The highest BCUT2D eigenvalue weighted by atomic mass is 16.5. The van der Waals surface area contributed by atoms with Crippen LogP contribution in [0.4, 0.5) is 5.82 Å². The predicted molar refractivity (Wildman–Crippen MR) is 57.1 cm³/mol. The minimum atomic E-state index is -0.0907. The van der Waals surface area contributed by atoms with Gasteiger partial charge in [-0.25, -0.2) is 0 Å². The highest BCUT2D eigenvalue weighted by Crippen LogP contribution is 2.08. The molecule has 0 spiro atoms. The van der Waals surface area contributed by atoms with Gasteiger partial charge < -0.3 is 10.5 Å². The standard InChI is InChI=1S/C10H19N3O/c1-8-7-9(11)12-13(8)5-6-14-10(2,3)4/h7H,5-6H2,1-4H3,(H2,11,12). The van der Waals surface area contributed by atoms with Crippen LogP contribution in [-0.4, -0.2) is 22.0 Å². The molecular weight excluding hydrogens is 178 g/mol. The topological polar surface area (TPSA) is 53.1 Å². The molecule has 0 aliphatic heterocycles. The van der Waals surface area contributed by atoms with E-state index in [2.05, 4.69) is 5.10 Å². The van der Waals surface area contributed by atoms with E-state index >= 15 is 0 Å². The fraction of sp³-hybridized carbons (Fsp3) is 0.700. The van der Waals surface area contributed by atoms with E-state index in [0.29, 0.717) is 12.4 Å². The number of nitrogens with two attached hydrogens (primary N) is 1. The number of aryl methyl sites for hydroxylation is 1. The predicted octanol–water partition coefficient (Wildman–Crippen LogP) is 1.59. The Morgan fingerprint density at radius 2 is 2.14 bits per heavy atom. The summed E-state index contributed by atoms with van der Waals surface area (Å²) < 4.78 is 7.46. The van der Waals surface area contributed by atoms with Gasteiger partial charge in [-0.2, -0.15) is 5.10 Å². The maximum atomic E-state index is 5.60. The molecule has 0 bridgehead atoms. The second-order valence-corrected chi connectivity index (χ2v) is 4.39. The van der Waals surface area contributed by atoms with Crippen LogP contribution in [0.2, 0.25) is 0 Å². The van der Waals surface area contributed by atoms with Crippen LogP contribution in [0.15, 0.2) is 6.07 Å². The molecule has 1 heterocycles. The lowest BCUT2D eigenvalue weighted by atomic mass is 10.2. The van der Waals surface area contributed by atoms with E-state index in [1.54, 1.807) is 0 Å². The Hall–Kier alpha value is -1.03. The fourth-order valence-corrected chi connectivity index (χ4v) is 1.20. The smallest absolute Gasteiger partial charge is 0.145 e. The monoisotopic (exact) mass is 197 g/mol. The van der Waals surface area contributed by atoms with Crippen LogP contribution < -0.4 is 5.73 Å². The Kier molecular flexibility index (Phi) is 3.16. The quantitative estimate of drug-likeness (QED) is 0.800. The molecule has 1 rings (SSSR count). The highest BCUT2D eigenvalue weighted by molar-refractivity contribution is 5.28. The van der Waals surface area contributed by atoms with Gasteiger partial charge in [0.1, 0.15) is 5.82 Å². The van der Waals surface area contributed by atoms with Crippen molar-refractivity contribution in [2.75, 3.05) is 12.3 Å². The maximum absolute atomic E-state index is 5.60. The first-order valence-electron chi connectivity index (χ1n) is 4.82. The first-order chi connectivity index (χ1) is 6.38. The van der Waals surface area contributed by atoms with Crippen molar-refractivity contribution >= 4 is 5.82 Å². The normalized spacial score (nSPS) is 12.0. The van der Waals surface area contributed by atoms with Crippen molar-refractivity contribution in [2.45, 2.75) is 39.8 Å². The number of anilines is 1. The first kappa shape index (κ1) is 11.0. The third-order valence-electron chi connectivity index (χ3n) is 1.84. The molecule has 0 amide bonds. The summed E-state index contributed by atoms with van der Waals surface area (Å²) in [5.41, 5.74) is 6.54. The van der Waals surface area contributed by atoms with Crippen LogP contribution in [0, 0.1) is 6.92 Å². The zero-order valence-electron chi connectivity index (χ0n) is 9.37. The Morgan fingerprint density at radius 1 is 1.50 bits per heavy atom. The lowest BCUT2D eigenvalue weighted by molar-refractivity contribution is -0.00805. The summed E-state index contributed by atoms with van der Waals surface area (Å²) in [5, 5.41) is 4.14. The fourth-order valence-electron chi connectivity index (χ4n) is 1.20. The van der Waals surface area contributed by atoms with Gasteiger partial charge in [-0.3, -0.25) is 4.68 Å². The highest BCUT2D eigenvalue weighted by Gasteiger charge is 2.10. The third-order valence-corrected chi connectivity index (χ3v) is 1.84. The van der Waals surface area contributed by atoms with Gasteiger partial charge in [-0.15, -0.1) is 0 Å². The number of nitrogen functional groups attached to an aromatic ring is 1. The number of hydrogen-bond donors (Lipinski definition) is 1. The number of nitrogens with zero attached hydrogens (tertiary/aromatic N) is 2. The zero-order valence-corrected chi connectivity index (χ0v) is 9.37. The Balaban J connectivity index is 2.42. The van der Waals surface area contributed by atoms with E-state index in [0.717, 1.165) is 12.2 Å². The molecule has 0 fully saturated rings. The van der Waals surface area contributed by atoms with Crippen molar-refractivity contribution in [3.05, 3.63) is 11.8 Å². The summed E-state index contributed by atoms with van der Waals surface area (Å²) in [5.74, 6) is 0.568. The van der Waals surface area contributed by atoms with Crippen LogP contribution in [0.5, 0.6) is 0 Å². The van der Waals surface area contributed by atoms with Gasteiger partial charge in [0.05, 0.1) is 18.8 Å². The molecule has 0 atom stereocenters. The van der Waals surface area contributed by atoms with Gasteiger partial charge in [0.25, 0.3) is 0 Å². The van der Waals surface area contributed by atoms with E-state index in [-0.39, 0.29) is 5.60 Å². The molecule has 0 radical (unpaired) electrons. The zero-order chi connectivity index (χ0) is 10.8. The minimum absolute atomic E-state index is 0.0907. The summed E-state index contributed by atoms with van der Waals surface area (Å²) in [6.45, 7) is 9.51. The molecular formula is C10H19N3O. The van der Waals surface area contributed by atoms with Crippen LogP contribution in [0.1, 0.15) is 26.5 Å². The third kappa shape index (κ3) is 3.38. The van der Waals surface area contributed by atoms with Crippen LogP contribution in [0.25, 0.3) is 0 Å². The van der Waals surface area contributed by atoms with Gasteiger partial charge in [-0.1, -0.05) is 0 Å². The second kappa shape index (κ2) is 4.00. The summed E-state index contributed by atoms with van der Waals surface area (Å²) in [7, 11) is 0. The van der Waals surface area contributed by atoms with Crippen molar-refractivity contribution in [1.82, 2.24) is 9.78 Å². The lowest BCUT2D eigenvalue weighted by Crippen LogP contribution is -2.22. The van der Waals surface area contributed by atoms with Crippen molar-refractivity contribution in [2.24, 2.45) is 0 Å². The summed E-state index contributed by atoms with van der Waals surface area (Å²) in [6, 6.07) is 1.86. The van der Waals surface area contributed by atoms with Gasteiger partial charge in [-0.05, 0) is 27.7 Å². The van der Waals surface area contributed by atoms with Crippen LogP contribution >= 0.6 is 0 Å². The Labute approximate surface area is 85.0 Å². The number of rotatable bonds is 3. The van der Waals surface area contributed by atoms with E-state index in [4.69, 9.17) is 10.5 Å². The van der Waals surface area contributed by atoms with Gasteiger partial charge >= 0.3 is 0 Å². The molecule has 80 valence electrons. The molecule has 0 unspecified atom stereocenters. The average molecular weight is 197 g/mol. The first-order valence-corrected chi connectivity index (χ1v) is 4.82. The molecule has 1 aromatic heterocycles. The maximum Gasteiger partial charge on any atom is 0.145 e. The van der Waals surface area contributed by atoms with Crippen molar-refractivity contribution in [3.8, 4) is 0 Å². The number of aromatic nitrogens is 2. The molecule has 1 aromatic rings. The molecule has 4 heteroatoms. The minimum Gasteiger partial charge on any atom is -0.382 e. The molecule has 0 aliphatic carbocycles. The van der Waals surface area contributed by atoms with Crippen molar-refractivity contribution in [3.63, 3.8) is 0 Å². The molecule has 0 aromatic carbocycles. The molecule has 0 saturated heterocycles. The number of ether oxygens (including phenoxy) is 1. The summed E-state index contributed by atoms with van der Waals surface area (Å²) >= 11 is 0. The van der Waals surface area contributed by atoms with Crippen LogP contribution in [0.3, 0.4) is 0 Å². The molecule has 0 aliphatic rings. The summed E-state index contributed by atoms with van der Waals surface area (Å²) in [4.78, 5) is 0.